The van der Waals surface area contributed by atoms with Crippen molar-refractivity contribution in [2.24, 2.45) is 7.05 Å². The van der Waals surface area contributed by atoms with Crippen LogP contribution in [0.25, 0.3) is 11.0 Å². The molecule has 1 aliphatic rings. The first kappa shape index (κ1) is 13.2. The molecule has 0 unspecified atom stereocenters. The van der Waals surface area contributed by atoms with Gasteiger partial charge in [0.1, 0.15) is 5.39 Å². The molecule has 1 amide bonds. The molecule has 112 valence electrons. The van der Waals surface area contributed by atoms with Crippen LogP contribution in [0, 0.1) is 0 Å². The minimum absolute atomic E-state index is 0.125. The van der Waals surface area contributed by atoms with Crippen LogP contribution in [0.15, 0.2) is 28.5 Å². The van der Waals surface area contributed by atoms with Gasteiger partial charge in [0.25, 0.3) is 5.56 Å². The summed E-state index contributed by atoms with van der Waals surface area (Å²) in [4.78, 5) is 32.5. The van der Waals surface area contributed by atoms with Gasteiger partial charge in [-0.2, -0.15) is 10.1 Å². The molecule has 0 bridgehead atoms. The average Bonchev–Trinajstić information content (AvgIpc) is 2.94. The van der Waals surface area contributed by atoms with Crippen LogP contribution in [0.1, 0.15) is 17.7 Å². The maximum Gasteiger partial charge on any atom is 0.263 e. The van der Waals surface area contributed by atoms with Gasteiger partial charge in [-0.25, -0.2) is 0 Å². The fraction of sp³-hybridized carbons (Fsp3) is 0.286. The zero-order valence-electron chi connectivity index (χ0n) is 11.8. The first-order valence-electron chi connectivity index (χ1n) is 6.88. The van der Waals surface area contributed by atoms with Gasteiger partial charge in [-0.3, -0.25) is 24.6 Å². The molecule has 0 aliphatic heterocycles. The summed E-state index contributed by atoms with van der Waals surface area (Å²) < 4.78 is 1.51. The first-order valence-corrected chi connectivity index (χ1v) is 7.76. The van der Waals surface area contributed by atoms with Crippen LogP contribution >= 0.6 is 11.3 Å². The molecule has 3 aromatic heterocycles. The highest BCUT2D eigenvalue weighted by Crippen LogP contribution is 2.50. The van der Waals surface area contributed by atoms with Crippen molar-refractivity contribution in [1.29, 1.82) is 0 Å². The Labute approximate surface area is 129 Å². The number of aromatic amines is 1. The van der Waals surface area contributed by atoms with E-state index in [1.807, 2.05) is 17.5 Å². The second-order valence-corrected chi connectivity index (χ2v) is 6.38. The number of aromatic nitrogens is 4. The van der Waals surface area contributed by atoms with Crippen LogP contribution in [-0.4, -0.2) is 25.7 Å². The molecule has 0 spiro atoms. The molecular formula is C14H13N5O2S. The predicted molar refractivity (Wildman–Crippen MR) is 83.0 cm³/mol. The van der Waals surface area contributed by atoms with Crippen LogP contribution in [0.2, 0.25) is 0 Å². The third-order valence-electron chi connectivity index (χ3n) is 4.01. The van der Waals surface area contributed by atoms with E-state index >= 15 is 0 Å². The fourth-order valence-electron chi connectivity index (χ4n) is 2.58. The van der Waals surface area contributed by atoms with Crippen LogP contribution < -0.4 is 10.9 Å². The number of aryl methyl sites for hydroxylation is 1. The monoisotopic (exact) mass is 315 g/mol. The van der Waals surface area contributed by atoms with E-state index in [0.29, 0.717) is 11.0 Å². The minimum atomic E-state index is -0.464. The van der Waals surface area contributed by atoms with Crippen molar-refractivity contribution in [3.05, 3.63) is 38.9 Å². The second-order valence-electron chi connectivity index (χ2n) is 5.43. The summed E-state index contributed by atoms with van der Waals surface area (Å²) in [6.07, 6.45) is 3.09. The minimum Gasteiger partial charge on any atom is -0.295 e. The number of hydrogen-bond acceptors (Lipinski definition) is 5. The van der Waals surface area contributed by atoms with E-state index < -0.39 is 5.41 Å². The number of amides is 1. The zero-order valence-corrected chi connectivity index (χ0v) is 12.6. The number of H-pyrrole nitrogens is 1. The largest absolute Gasteiger partial charge is 0.295 e. The molecule has 1 aliphatic carbocycles. The lowest BCUT2D eigenvalue weighted by Crippen LogP contribution is -2.29. The molecule has 2 N–H and O–H groups in total. The van der Waals surface area contributed by atoms with Crippen molar-refractivity contribution in [3.63, 3.8) is 0 Å². The Morgan fingerprint density at radius 1 is 1.50 bits per heavy atom. The maximum absolute atomic E-state index is 12.6. The molecule has 3 heterocycles. The quantitative estimate of drug-likeness (QED) is 0.764. The van der Waals surface area contributed by atoms with Crippen LogP contribution in [-0.2, 0) is 17.3 Å². The van der Waals surface area contributed by atoms with Crippen molar-refractivity contribution in [2.75, 3.05) is 5.32 Å². The van der Waals surface area contributed by atoms with Crippen molar-refractivity contribution in [3.8, 4) is 0 Å². The molecule has 8 heteroatoms. The molecular weight excluding hydrogens is 302 g/mol. The van der Waals surface area contributed by atoms with Crippen molar-refractivity contribution in [2.45, 2.75) is 18.3 Å². The molecule has 0 aromatic carbocycles. The number of anilines is 1. The highest BCUT2D eigenvalue weighted by molar-refractivity contribution is 7.10. The van der Waals surface area contributed by atoms with Crippen molar-refractivity contribution in [1.82, 2.24) is 19.7 Å². The Kier molecular flexibility index (Phi) is 2.70. The fourth-order valence-corrected chi connectivity index (χ4v) is 3.56. The summed E-state index contributed by atoms with van der Waals surface area (Å²) >= 11 is 1.57. The maximum atomic E-state index is 12.6. The Balaban J connectivity index is 1.68. The Hall–Kier alpha value is -2.48. The van der Waals surface area contributed by atoms with Crippen LogP contribution in [0.3, 0.4) is 0 Å². The number of nitrogens with zero attached hydrogens (tertiary/aromatic N) is 3. The van der Waals surface area contributed by atoms with Crippen molar-refractivity contribution >= 4 is 34.2 Å². The lowest BCUT2D eigenvalue weighted by Gasteiger charge is -2.12. The van der Waals surface area contributed by atoms with Gasteiger partial charge in [-0.1, -0.05) is 6.07 Å². The summed E-state index contributed by atoms with van der Waals surface area (Å²) in [7, 11) is 1.70. The molecule has 22 heavy (non-hydrogen) atoms. The Morgan fingerprint density at radius 3 is 3.00 bits per heavy atom. The zero-order chi connectivity index (χ0) is 15.3. The SMILES string of the molecule is Cn1ncc2c(=O)[nH]c(NC(=O)C3(c4cccs4)CC3)nc21. The van der Waals surface area contributed by atoms with Gasteiger partial charge in [0.05, 0.1) is 11.6 Å². The van der Waals surface area contributed by atoms with Gasteiger partial charge in [-0.05, 0) is 24.3 Å². The van der Waals surface area contributed by atoms with Crippen LogP contribution in [0.5, 0.6) is 0 Å². The van der Waals surface area contributed by atoms with E-state index in [9.17, 15) is 9.59 Å². The number of thiophene rings is 1. The van der Waals surface area contributed by atoms with E-state index in [1.165, 1.54) is 10.9 Å². The Bertz CT molecular complexity index is 921. The molecule has 3 aromatic rings. The standard InChI is InChI=1S/C14H13N5O2S/c1-19-10-8(7-15-19)11(20)17-13(16-10)18-12(21)14(4-5-14)9-3-2-6-22-9/h2-3,6-7H,4-5H2,1H3,(H2,16,17,18,20,21). The van der Waals surface area contributed by atoms with E-state index in [0.717, 1.165) is 17.7 Å². The molecule has 0 radical (unpaired) electrons. The summed E-state index contributed by atoms with van der Waals surface area (Å²) in [6, 6.07) is 3.91. The normalized spacial score (nSPS) is 15.9. The van der Waals surface area contributed by atoms with Gasteiger partial charge in [0.2, 0.25) is 11.9 Å². The van der Waals surface area contributed by atoms with Crippen molar-refractivity contribution < 1.29 is 4.79 Å². The highest BCUT2D eigenvalue weighted by Gasteiger charge is 2.52. The second kappa shape index (κ2) is 4.51. The summed E-state index contributed by atoms with van der Waals surface area (Å²) in [5, 5.41) is 9.11. The molecule has 0 saturated heterocycles. The summed E-state index contributed by atoms with van der Waals surface area (Å²) in [5.74, 6) is 0.0357. The molecule has 1 saturated carbocycles. The summed E-state index contributed by atoms with van der Waals surface area (Å²) in [5.41, 5.74) is -0.330. The number of rotatable bonds is 3. The van der Waals surface area contributed by atoms with Gasteiger partial charge < -0.3 is 0 Å². The number of hydrogen-bond donors (Lipinski definition) is 2. The smallest absolute Gasteiger partial charge is 0.263 e. The Morgan fingerprint density at radius 2 is 2.32 bits per heavy atom. The molecule has 1 fully saturated rings. The third-order valence-corrected chi connectivity index (χ3v) is 5.09. The highest BCUT2D eigenvalue weighted by atomic mass is 32.1. The van der Waals surface area contributed by atoms with Gasteiger partial charge in [0, 0.05) is 11.9 Å². The van der Waals surface area contributed by atoms with Gasteiger partial charge in [0.15, 0.2) is 5.65 Å². The molecule has 0 atom stereocenters. The lowest BCUT2D eigenvalue weighted by atomic mass is 10.0. The number of fused-ring (bicyclic) bond motifs is 1. The van der Waals surface area contributed by atoms with E-state index in [2.05, 4.69) is 20.4 Å². The predicted octanol–water partition coefficient (Wildman–Crippen LogP) is 1.39. The number of carbonyl (C=O) groups excluding carboxylic acids is 1. The van der Waals surface area contributed by atoms with Crippen LogP contribution in [0.4, 0.5) is 5.95 Å². The van der Waals surface area contributed by atoms with Gasteiger partial charge in [-0.15, -0.1) is 11.3 Å². The molecule has 7 nitrogen and oxygen atoms in total. The number of carbonyl (C=O) groups is 1. The van der Waals surface area contributed by atoms with E-state index in [4.69, 9.17) is 0 Å². The van der Waals surface area contributed by atoms with Gasteiger partial charge >= 0.3 is 0 Å². The number of nitrogens with one attached hydrogen (secondary N) is 2. The average molecular weight is 315 g/mol. The topological polar surface area (TPSA) is 92.7 Å². The van der Waals surface area contributed by atoms with E-state index in [1.54, 1.807) is 18.4 Å². The first-order chi connectivity index (χ1) is 10.6. The third kappa shape index (κ3) is 1.87. The molecule has 4 rings (SSSR count). The lowest BCUT2D eigenvalue weighted by molar-refractivity contribution is -0.118. The summed E-state index contributed by atoms with van der Waals surface area (Å²) in [6.45, 7) is 0. The van der Waals surface area contributed by atoms with E-state index in [-0.39, 0.29) is 17.4 Å².